The molecule has 0 aliphatic rings. The number of nitrogens with zero attached hydrogens (tertiary/aromatic N) is 1. The summed E-state index contributed by atoms with van der Waals surface area (Å²) >= 11 is 0. The Labute approximate surface area is 66.7 Å². The predicted molar refractivity (Wildman–Crippen MR) is 43.9 cm³/mol. The first-order chi connectivity index (χ1) is 5.34. The topological polar surface area (TPSA) is 39.2 Å². The minimum atomic E-state index is -0.307. The van der Waals surface area contributed by atoms with E-state index in [4.69, 9.17) is 4.52 Å². The summed E-state index contributed by atoms with van der Waals surface area (Å²) < 4.78 is 4.78. The zero-order chi connectivity index (χ0) is 8.10. The van der Waals surface area contributed by atoms with E-state index in [0.29, 0.717) is 5.56 Å². The molecule has 1 aromatic heterocycles. The lowest BCUT2D eigenvalue weighted by Gasteiger charge is -1.98. The van der Waals surface area contributed by atoms with Crippen LogP contribution in [0.3, 0.4) is 0 Å². The van der Waals surface area contributed by atoms with Gasteiger partial charge >= 0.3 is 5.97 Å². The van der Waals surface area contributed by atoms with Crippen LogP contribution >= 0.6 is 8.81 Å². The highest BCUT2D eigenvalue weighted by atomic mass is 31.1. The standard InChI is InChI=1S/C7H8NO2P/c1-11-10-7(9)6-3-2-4-8-5-6/h2-5,11H,1H3. The van der Waals surface area contributed by atoms with Gasteiger partial charge in [-0.25, -0.2) is 4.79 Å². The molecule has 0 saturated heterocycles. The van der Waals surface area contributed by atoms with E-state index in [1.54, 1.807) is 25.0 Å². The Morgan fingerprint density at radius 2 is 2.55 bits per heavy atom. The van der Waals surface area contributed by atoms with Gasteiger partial charge in [-0.2, -0.15) is 0 Å². The molecule has 0 radical (unpaired) electrons. The third kappa shape index (κ3) is 2.28. The van der Waals surface area contributed by atoms with E-state index in [1.807, 2.05) is 0 Å². The van der Waals surface area contributed by atoms with Crippen molar-refractivity contribution in [2.24, 2.45) is 0 Å². The Bertz CT molecular complexity index is 237. The summed E-state index contributed by atoms with van der Waals surface area (Å²) in [5.41, 5.74) is 0.502. The largest absolute Gasteiger partial charge is 0.445 e. The van der Waals surface area contributed by atoms with E-state index in [1.165, 1.54) is 6.20 Å². The molecule has 0 amide bonds. The van der Waals surface area contributed by atoms with Gasteiger partial charge in [-0.1, -0.05) is 0 Å². The Kier molecular flexibility index (Phi) is 2.99. The average molecular weight is 169 g/mol. The van der Waals surface area contributed by atoms with Crippen LogP contribution in [0.15, 0.2) is 24.5 Å². The molecule has 1 rings (SSSR count). The van der Waals surface area contributed by atoms with Gasteiger partial charge in [0.1, 0.15) is 0 Å². The van der Waals surface area contributed by atoms with Gasteiger partial charge in [-0.05, 0) is 18.8 Å². The molecule has 1 unspecified atom stereocenters. The molecule has 0 N–H and O–H groups in total. The van der Waals surface area contributed by atoms with Gasteiger partial charge in [0.05, 0.1) is 14.4 Å². The summed E-state index contributed by atoms with van der Waals surface area (Å²) in [6.07, 6.45) is 3.10. The second-order valence-electron chi connectivity index (χ2n) is 1.84. The lowest BCUT2D eigenvalue weighted by Crippen LogP contribution is -1.98. The minimum Gasteiger partial charge on any atom is -0.445 e. The van der Waals surface area contributed by atoms with Gasteiger partial charge < -0.3 is 4.52 Å². The first-order valence-electron chi connectivity index (χ1n) is 3.12. The molecular weight excluding hydrogens is 161 g/mol. The van der Waals surface area contributed by atoms with Crippen LogP contribution in [-0.4, -0.2) is 17.6 Å². The Hall–Kier alpha value is -0.950. The Morgan fingerprint density at radius 3 is 3.09 bits per heavy atom. The third-order valence-corrected chi connectivity index (χ3v) is 1.48. The molecule has 1 heterocycles. The monoisotopic (exact) mass is 169 g/mol. The molecule has 58 valence electrons. The molecule has 11 heavy (non-hydrogen) atoms. The van der Waals surface area contributed by atoms with Crippen LogP contribution < -0.4 is 0 Å². The zero-order valence-electron chi connectivity index (χ0n) is 6.07. The molecule has 0 spiro atoms. The molecule has 0 saturated carbocycles. The van der Waals surface area contributed by atoms with Crippen molar-refractivity contribution in [3.8, 4) is 0 Å². The quantitative estimate of drug-likeness (QED) is 0.629. The summed E-state index contributed by atoms with van der Waals surface area (Å²) in [6.45, 7) is 1.80. The Balaban J connectivity index is 2.69. The highest BCUT2D eigenvalue weighted by molar-refractivity contribution is 7.31. The number of carbonyl (C=O) groups is 1. The van der Waals surface area contributed by atoms with Crippen molar-refractivity contribution in [1.29, 1.82) is 0 Å². The normalized spacial score (nSPS) is 10.3. The average Bonchev–Trinajstić information content (AvgIpc) is 2.07. The fourth-order valence-electron chi connectivity index (χ4n) is 0.635. The molecule has 1 atom stereocenters. The maximum Gasteiger partial charge on any atom is 0.342 e. The van der Waals surface area contributed by atoms with Crippen LogP contribution in [-0.2, 0) is 4.52 Å². The third-order valence-electron chi connectivity index (χ3n) is 1.09. The highest BCUT2D eigenvalue weighted by Gasteiger charge is 2.03. The van der Waals surface area contributed by atoms with Crippen LogP contribution in [0.1, 0.15) is 10.4 Å². The maximum atomic E-state index is 11.0. The molecule has 4 heteroatoms. The first kappa shape index (κ1) is 8.15. The summed E-state index contributed by atoms with van der Waals surface area (Å²) in [6, 6.07) is 3.38. The minimum absolute atomic E-state index is 0.186. The van der Waals surface area contributed by atoms with Gasteiger partial charge in [0.25, 0.3) is 0 Å². The second-order valence-corrected chi connectivity index (χ2v) is 2.45. The van der Waals surface area contributed by atoms with Crippen molar-refractivity contribution in [2.45, 2.75) is 0 Å². The number of rotatable bonds is 2. The number of hydrogen-bond donors (Lipinski definition) is 0. The molecule has 0 fully saturated rings. The fraction of sp³-hybridized carbons (Fsp3) is 0.143. The summed E-state index contributed by atoms with van der Waals surface area (Å²) in [5.74, 6) is -0.307. The number of carbonyl (C=O) groups excluding carboxylic acids is 1. The number of hydrogen-bond acceptors (Lipinski definition) is 3. The van der Waals surface area contributed by atoms with Crippen molar-refractivity contribution in [2.75, 3.05) is 6.66 Å². The lowest BCUT2D eigenvalue weighted by molar-refractivity contribution is 0.0761. The van der Waals surface area contributed by atoms with Crippen LogP contribution in [0, 0.1) is 0 Å². The number of pyridine rings is 1. The molecule has 0 aromatic carbocycles. The van der Waals surface area contributed by atoms with Crippen molar-refractivity contribution in [3.63, 3.8) is 0 Å². The zero-order valence-corrected chi connectivity index (χ0v) is 7.07. The summed E-state index contributed by atoms with van der Waals surface area (Å²) in [5, 5.41) is 0. The van der Waals surface area contributed by atoms with E-state index >= 15 is 0 Å². The van der Waals surface area contributed by atoms with Crippen LogP contribution in [0.25, 0.3) is 0 Å². The van der Waals surface area contributed by atoms with Crippen LogP contribution in [0.5, 0.6) is 0 Å². The second kappa shape index (κ2) is 4.04. The van der Waals surface area contributed by atoms with E-state index < -0.39 is 0 Å². The van der Waals surface area contributed by atoms with E-state index in [2.05, 4.69) is 4.98 Å². The summed E-state index contributed by atoms with van der Waals surface area (Å²) in [7, 11) is 0.186. The highest BCUT2D eigenvalue weighted by Crippen LogP contribution is 2.09. The molecule has 0 aliphatic heterocycles. The predicted octanol–water partition coefficient (Wildman–Crippen LogP) is 1.46. The van der Waals surface area contributed by atoms with Gasteiger partial charge in [0, 0.05) is 12.4 Å². The van der Waals surface area contributed by atoms with E-state index in [9.17, 15) is 4.79 Å². The Morgan fingerprint density at radius 1 is 1.73 bits per heavy atom. The van der Waals surface area contributed by atoms with Gasteiger partial charge in [-0.3, -0.25) is 4.98 Å². The molecule has 3 nitrogen and oxygen atoms in total. The van der Waals surface area contributed by atoms with Gasteiger partial charge in [0.2, 0.25) is 0 Å². The van der Waals surface area contributed by atoms with Crippen molar-refractivity contribution in [3.05, 3.63) is 30.1 Å². The molecule has 0 aliphatic carbocycles. The van der Waals surface area contributed by atoms with Crippen LogP contribution in [0.2, 0.25) is 0 Å². The van der Waals surface area contributed by atoms with Gasteiger partial charge in [0.15, 0.2) is 0 Å². The maximum absolute atomic E-state index is 11.0. The van der Waals surface area contributed by atoms with Crippen molar-refractivity contribution in [1.82, 2.24) is 4.98 Å². The van der Waals surface area contributed by atoms with E-state index in [0.717, 1.165) is 0 Å². The molecule has 0 bridgehead atoms. The SMILES string of the molecule is CPOC(=O)c1cccnc1. The smallest absolute Gasteiger partial charge is 0.342 e. The van der Waals surface area contributed by atoms with Gasteiger partial charge in [-0.15, -0.1) is 0 Å². The summed E-state index contributed by atoms with van der Waals surface area (Å²) in [4.78, 5) is 14.8. The molecular formula is C7H8NO2P. The van der Waals surface area contributed by atoms with Crippen molar-refractivity contribution >= 4 is 14.8 Å². The van der Waals surface area contributed by atoms with E-state index in [-0.39, 0.29) is 14.8 Å². The van der Waals surface area contributed by atoms with Crippen LogP contribution in [0.4, 0.5) is 0 Å². The lowest BCUT2D eigenvalue weighted by atomic mass is 10.3. The fourth-order valence-corrected chi connectivity index (χ4v) is 0.938. The number of aromatic nitrogens is 1. The first-order valence-corrected chi connectivity index (χ1v) is 4.53. The van der Waals surface area contributed by atoms with Crippen molar-refractivity contribution < 1.29 is 9.32 Å². The molecule has 1 aromatic rings.